The molecular weight excluding hydrogens is 562 g/mol. The van der Waals surface area contributed by atoms with E-state index in [1.807, 2.05) is 6.92 Å². The van der Waals surface area contributed by atoms with Gasteiger partial charge < -0.3 is 19.5 Å². The molecule has 0 aromatic heterocycles. The summed E-state index contributed by atoms with van der Waals surface area (Å²) in [7, 11) is 0. The summed E-state index contributed by atoms with van der Waals surface area (Å²) in [6, 6.07) is 0. The predicted octanol–water partition coefficient (Wildman–Crippen LogP) is 10.6. The molecule has 0 radical (unpaired) electrons. The van der Waals surface area contributed by atoms with Crippen LogP contribution in [0.15, 0.2) is 0 Å². The number of aliphatic hydroxyl groups excluding tert-OH is 1. The summed E-state index contributed by atoms with van der Waals surface area (Å²) in [4.78, 5) is 26.8. The number of ether oxygens (including phenoxy) is 2. The number of esters is 2. The zero-order chi connectivity index (χ0) is 33.1. The minimum Gasteiger partial charge on any atom is -0.466 e. The van der Waals surface area contributed by atoms with Gasteiger partial charge in [0, 0.05) is 13.0 Å². The molecule has 0 aliphatic carbocycles. The summed E-state index contributed by atoms with van der Waals surface area (Å²) in [6.07, 6.45) is 31.0. The van der Waals surface area contributed by atoms with Gasteiger partial charge in [0.1, 0.15) is 0 Å². The average molecular weight is 640 g/mol. The number of unbranched alkanes of at least 4 members (excludes halogenated alkanes) is 20. The highest BCUT2D eigenvalue weighted by molar-refractivity contribution is 5.71. The summed E-state index contributed by atoms with van der Waals surface area (Å²) < 4.78 is 10.9. The molecule has 268 valence electrons. The van der Waals surface area contributed by atoms with E-state index in [2.05, 4.69) is 18.7 Å². The van der Waals surface area contributed by atoms with Crippen LogP contribution in [0.3, 0.4) is 0 Å². The first-order valence-electron chi connectivity index (χ1n) is 19.7. The minimum atomic E-state index is -0.0239. The van der Waals surface area contributed by atoms with Crippen LogP contribution in [-0.2, 0) is 19.1 Å². The maximum Gasteiger partial charge on any atom is 0.308 e. The average Bonchev–Trinajstić information content (AvgIpc) is 3.04. The molecular formula is C39H77NO5. The van der Waals surface area contributed by atoms with Crippen LogP contribution < -0.4 is 0 Å². The van der Waals surface area contributed by atoms with E-state index in [-0.39, 0.29) is 24.5 Å². The number of carbonyl (C=O) groups is 2. The van der Waals surface area contributed by atoms with Crippen LogP contribution in [0.5, 0.6) is 0 Å². The van der Waals surface area contributed by atoms with E-state index in [1.54, 1.807) is 0 Å². The van der Waals surface area contributed by atoms with E-state index in [1.165, 1.54) is 116 Å². The van der Waals surface area contributed by atoms with Crippen LogP contribution in [0, 0.1) is 5.92 Å². The van der Waals surface area contributed by atoms with Gasteiger partial charge in [-0.15, -0.1) is 0 Å². The zero-order valence-corrected chi connectivity index (χ0v) is 30.4. The number of hydrogen-bond donors (Lipinski definition) is 1. The Morgan fingerprint density at radius 2 is 0.956 bits per heavy atom. The molecule has 0 saturated heterocycles. The van der Waals surface area contributed by atoms with Crippen LogP contribution in [0.25, 0.3) is 0 Å². The molecule has 0 aromatic rings. The summed E-state index contributed by atoms with van der Waals surface area (Å²) in [6.45, 7) is 11.2. The monoisotopic (exact) mass is 640 g/mol. The Morgan fingerprint density at radius 1 is 0.533 bits per heavy atom. The molecule has 0 amide bonds. The zero-order valence-electron chi connectivity index (χ0n) is 30.4. The topological polar surface area (TPSA) is 76.1 Å². The van der Waals surface area contributed by atoms with Crippen LogP contribution in [-0.4, -0.2) is 61.4 Å². The van der Waals surface area contributed by atoms with Gasteiger partial charge in [-0.05, 0) is 71.0 Å². The van der Waals surface area contributed by atoms with Gasteiger partial charge in [0.15, 0.2) is 0 Å². The van der Waals surface area contributed by atoms with Crippen LogP contribution in [0.2, 0.25) is 0 Å². The molecule has 1 atom stereocenters. The first kappa shape index (κ1) is 43.9. The molecule has 0 aromatic carbocycles. The Kier molecular flexibility index (Phi) is 34.8. The minimum absolute atomic E-state index is 0.00471. The molecule has 0 fully saturated rings. The van der Waals surface area contributed by atoms with Crippen molar-refractivity contribution in [3.63, 3.8) is 0 Å². The Bertz CT molecular complexity index is 629. The smallest absolute Gasteiger partial charge is 0.308 e. The Labute approximate surface area is 280 Å². The van der Waals surface area contributed by atoms with Crippen molar-refractivity contribution in [1.82, 2.24) is 4.90 Å². The first-order valence-corrected chi connectivity index (χ1v) is 19.7. The maximum absolute atomic E-state index is 12.3. The Hall–Kier alpha value is -1.14. The normalized spacial score (nSPS) is 12.1. The second-order valence-electron chi connectivity index (χ2n) is 13.5. The van der Waals surface area contributed by atoms with Crippen molar-refractivity contribution in [3.8, 4) is 0 Å². The number of hydrogen-bond acceptors (Lipinski definition) is 6. The summed E-state index contributed by atoms with van der Waals surface area (Å²) in [5.74, 6) is -0.0379. The van der Waals surface area contributed by atoms with Gasteiger partial charge in [0.25, 0.3) is 0 Å². The second kappa shape index (κ2) is 35.7. The number of aliphatic hydroxyl groups is 1. The highest BCUT2D eigenvalue weighted by atomic mass is 16.5. The van der Waals surface area contributed by atoms with Crippen molar-refractivity contribution < 1.29 is 24.2 Å². The van der Waals surface area contributed by atoms with Crippen molar-refractivity contribution in [2.45, 2.75) is 194 Å². The van der Waals surface area contributed by atoms with Gasteiger partial charge in [0.2, 0.25) is 0 Å². The van der Waals surface area contributed by atoms with E-state index in [9.17, 15) is 14.7 Å². The lowest BCUT2D eigenvalue weighted by atomic mass is 10.0. The number of rotatable bonds is 36. The Balaban J connectivity index is 3.82. The predicted molar refractivity (Wildman–Crippen MR) is 191 cm³/mol. The molecule has 0 heterocycles. The lowest BCUT2D eigenvalue weighted by Gasteiger charge is -2.22. The summed E-state index contributed by atoms with van der Waals surface area (Å²) >= 11 is 0. The van der Waals surface area contributed by atoms with E-state index in [4.69, 9.17) is 9.47 Å². The van der Waals surface area contributed by atoms with Crippen molar-refractivity contribution >= 4 is 11.9 Å². The fourth-order valence-electron chi connectivity index (χ4n) is 5.87. The van der Waals surface area contributed by atoms with E-state index in [0.29, 0.717) is 19.6 Å². The Morgan fingerprint density at radius 3 is 1.49 bits per heavy atom. The van der Waals surface area contributed by atoms with Crippen molar-refractivity contribution in [2.75, 3.05) is 39.5 Å². The third-order valence-corrected chi connectivity index (χ3v) is 9.00. The molecule has 1 unspecified atom stereocenters. The lowest BCUT2D eigenvalue weighted by molar-refractivity contribution is -0.148. The summed E-state index contributed by atoms with van der Waals surface area (Å²) in [5.41, 5.74) is 0. The SMILES string of the molecule is CCCCCCCCCOC(=O)CCCCCCCN(CCCCO)CCCCCCC(C)C(=O)OCCCCCCCCC. The van der Waals surface area contributed by atoms with Crippen LogP contribution in [0.1, 0.15) is 194 Å². The highest BCUT2D eigenvalue weighted by Crippen LogP contribution is 2.15. The highest BCUT2D eigenvalue weighted by Gasteiger charge is 2.14. The van der Waals surface area contributed by atoms with Gasteiger partial charge in [-0.1, -0.05) is 136 Å². The number of carbonyl (C=O) groups excluding carboxylic acids is 2. The van der Waals surface area contributed by atoms with E-state index < -0.39 is 0 Å². The second-order valence-corrected chi connectivity index (χ2v) is 13.5. The fourth-order valence-corrected chi connectivity index (χ4v) is 5.87. The van der Waals surface area contributed by atoms with Gasteiger partial charge in [-0.2, -0.15) is 0 Å². The standard InChI is InChI=1S/C39H77NO5/c1-4-6-8-10-12-19-27-35-44-38(42)30-22-15-14-17-23-31-40(33-25-26-34-41)32-24-18-16-21-29-37(3)39(43)45-36-28-20-13-11-9-7-5-2/h37,41H,4-36H2,1-3H3. The molecule has 45 heavy (non-hydrogen) atoms. The molecule has 0 bridgehead atoms. The third-order valence-electron chi connectivity index (χ3n) is 9.00. The molecule has 0 spiro atoms. The fraction of sp³-hybridized carbons (Fsp3) is 0.949. The van der Waals surface area contributed by atoms with Crippen LogP contribution >= 0.6 is 0 Å². The van der Waals surface area contributed by atoms with Gasteiger partial charge in [-0.25, -0.2) is 0 Å². The third kappa shape index (κ3) is 32.6. The van der Waals surface area contributed by atoms with Crippen LogP contribution in [0.4, 0.5) is 0 Å². The lowest BCUT2D eigenvalue weighted by Crippen LogP contribution is -2.27. The summed E-state index contributed by atoms with van der Waals surface area (Å²) in [5, 5.41) is 9.20. The van der Waals surface area contributed by atoms with Gasteiger partial charge in [-0.3, -0.25) is 9.59 Å². The van der Waals surface area contributed by atoms with E-state index >= 15 is 0 Å². The van der Waals surface area contributed by atoms with Gasteiger partial charge in [0.05, 0.1) is 19.1 Å². The van der Waals surface area contributed by atoms with E-state index in [0.717, 1.165) is 71.0 Å². The molecule has 0 aliphatic rings. The largest absolute Gasteiger partial charge is 0.466 e. The number of nitrogens with zero attached hydrogens (tertiary/aromatic N) is 1. The van der Waals surface area contributed by atoms with Crippen molar-refractivity contribution in [2.24, 2.45) is 5.92 Å². The van der Waals surface area contributed by atoms with Gasteiger partial charge >= 0.3 is 11.9 Å². The molecule has 0 rings (SSSR count). The van der Waals surface area contributed by atoms with Crippen molar-refractivity contribution in [3.05, 3.63) is 0 Å². The molecule has 6 heteroatoms. The molecule has 0 aliphatic heterocycles. The molecule has 6 nitrogen and oxygen atoms in total. The molecule has 0 saturated carbocycles. The maximum atomic E-state index is 12.3. The van der Waals surface area contributed by atoms with Crippen molar-refractivity contribution in [1.29, 1.82) is 0 Å². The molecule has 1 N–H and O–H groups in total. The quantitative estimate of drug-likeness (QED) is 0.0543. The first-order chi connectivity index (χ1) is 22.0.